The number of piperidine rings is 1. The second-order valence-electron chi connectivity index (χ2n) is 4.82. The van der Waals surface area contributed by atoms with Crippen molar-refractivity contribution in [2.45, 2.75) is 57.7 Å². The highest BCUT2D eigenvalue weighted by molar-refractivity contribution is 5.00. The minimum atomic E-state index is 0.443. The number of hydrogen-bond donors (Lipinski definition) is 2. The molecule has 1 aliphatic carbocycles. The smallest absolute Gasteiger partial charge is 0.0123 e. The first-order valence-corrected chi connectivity index (χ1v) is 5.75. The van der Waals surface area contributed by atoms with E-state index >= 15 is 0 Å². The lowest BCUT2D eigenvalue weighted by molar-refractivity contribution is 0.156. The molecule has 13 heavy (non-hydrogen) atoms. The second-order valence-corrected chi connectivity index (χ2v) is 4.82. The van der Waals surface area contributed by atoms with Gasteiger partial charge in [0.15, 0.2) is 0 Å². The molecule has 0 aromatic rings. The molecule has 2 heteroatoms. The Hall–Kier alpha value is -0.0800. The van der Waals surface area contributed by atoms with Gasteiger partial charge in [-0.3, -0.25) is 0 Å². The summed E-state index contributed by atoms with van der Waals surface area (Å²) < 4.78 is 0. The molecule has 0 amide bonds. The molecule has 0 bridgehead atoms. The molecule has 5 atom stereocenters. The Labute approximate surface area is 81.3 Å². The molecule has 0 aromatic heterocycles. The maximum absolute atomic E-state index is 6.29. The summed E-state index contributed by atoms with van der Waals surface area (Å²) in [6.45, 7) is 4.57. The average molecular weight is 182 g/mol. The zero-order valence-corrected chi connectivity index (χ0v) is 8.79. The largest absolute Gasteiger partial charge is 0.327 e. The summed E-state index contributed by atoms with van der Waals surface area (Å²) in [5, 5.41) is 3.77. The quantitative estimate of drug-likeness (QED) is 0.645. The summed E-state index contributed by atoms with van der Waals surface area (Å²) in [6.07, 6.45) is 5.29. The number of rotatable bonds is 1. The second kappa shape index (κ2) is 3.58. The lowest BCUT2D eigenvalue weighted by Gasteiger charge is -2.43. The van der Waals surface area contributed by atoms with Gasteiger partial charge in [-0.25, -0.2) is 0 Å². The van der Waals surface area contributed by atoms with Crippen LogP contribution < -0.4 is 11.1 Å². The fourth-order valence-corrected chi connectivity index (χ4v) is 3.23. The van der Waals surface area contributed by atoms with Gasteiger partial charge in [-0.15, -0.1) is 0 Å². The highest BCUT2D eigenvalue weighted by Crippen LogP contribution is 2.36. The predicted molar refractivity (Wildman–Crippen MR) is 55.5 cm³/mol. The third kappa shape index (κ3) is 1.50. The summed E-state index contributed by atoms with van der Waals surface area (Å²) in [5.74, 6) is 1.42. The van der Waals surface area contributed by atoms with Crippen LogP contribution in [0.25, 0.3) is 0 Å². The lowest BCUT2D eigenvalue weighted by atomic mass is 9.77. The molecule has 0 aromatic carbocycles. The molecule has 3 N–H and O–H groups in total. The van der Waals surface area contributed by atoms with Crippen LogP contribution in [0.3, 0.4) is 0 Å². The van der Waals surface area contributed by atoms with Gasteiger partial charge in [0.05, 0.1) is 0 Å². The molecule has 5 unspecified atom stereocenters. The van der Waals surface area contributed by atoms with E-state index < -0.39 is 0 Å². The van der Waals surface area contributed by atoms with Crippen LogP contribution in [0.1, 0.15) is 39.5 Å². The fraction of sp³-hybridized carbons (Fsp3) is 1.00. The highest BCUT2D eigenvalue weighted by Gasteiger charge is 2.41. The Kier molecular flexibility index (Phi) is 2.61. The molecule has 1 heterocycles. The first-order chi connectivity index (χ1) is 6.24. The molecular weight excluding hydrogens is 160 g/mol. The van der Waals surface area contributed by atoms with Gasteiger partial charge >= 0.3 is 0 Å². The Balaban J connectivity index is 2.08. The van der Waals surface area contributed by atoms with E-state index in [0.717, 1.165) is 12.0 Å². The fourth-order valence-electron chi connectivity index (χ4n) is 3.23. The third-order valence-corrected chi connectivity index (χ3v) is 4.17. The monoisotopic (exact) mass is 182 g/mol. The summed E-state index contributed by atoms with van der Waals surface area (Å²) in [4.78, 5) is 0. The van der Waals surface area contributed by atoms with E-state index in [4.69, 9.17) is 5.73 Å². The van der Waals surface area contributed by atoms with Crippen LogP contribution in [0.5, 0.6) is 0 Å². The van der Waals surface area contributed by atoms with E-state index in [-0.39, 0.29) is 0 Å². The van der Waals surface area contributed by atoms with Gasteiger partial charge in [0.1, 0.15) is 0 Å². The van der Waals surface area contributed by atoms with E-state index in [2.05, 4.69) is 19.2 Å². The molecule has 2 fully saturated rings. The number of fused-ring (bicyclic) bond motifs is 1. The number of hydrogen-bond acceptors (Lipinski definition) is 2. The standard InChI is InChI=1S/C11H22N2/c1-3-9-7(2)11(12)8-5-4-6-10(8)13-9/h7-11,13H,3-6,12H2,1-2H3. The topological polar surface area (TPSA) is 38.0 Å². The molecule has 1 saturated heterocycles. The molecular formula is C11H22N2. The average Bonchev–Trinajstić information content (AvgIpc) is 2.59. The van der Waals surface area contributed by atoms with Crippen molar-refractivity contribution in [2.75, 3.05) is 0 Å². The zero-order chi connectivity index (χ0) is 9.42. The summed E-state index contributed by atoms with van der Waals surface area (Å²) in [6, 6.07) is 1.84. The van der Waals surface area contributed by atoms with Crippen LogP contribution in [0.4, 0.5) is 0 Å². The van der Waals surface area contributed by atoms with E-state index in [9.17, 15) is 0 Å². The van der Waals surface area contributed by atoms with Crippen LogP contribution in [-0.4, -0.2) is 18.1 Å². The minimum Gasteiger partial charge on any atom is -0.327 e. The summed E-state index contributed by atoms with van der Waals surface area (Å²) >= 11 is 0. The zero-order valence-electron chi connectivity index (χ0n) is 8.79. The van der Waals surface area contributed by atoms with Gasteiger partial charge in [0.2, 0.25) is 0 Å². The number of nitrogens with two attached hydrogens (primary N) is 1. The minimum absolute atomic E-state index is 0.443. The maximum atomic E-state index is 6.29. The molecule has 1 aliphatic heterocycles. The van der Waals surface area contributed by atoms with Crippen molar-refractivity contribution in [2.24, 2.45) is 17.6 Å². The molecule has 2 nitrogen and oxygen atoms in total. The van der Waals surface area contributed by atoms with Gasteiger partial charge in [0.25, 0.3) is 0 Å². The molecule has 0 spiro atoms. The first-order valence-electron chi connectivity index (χ1n) is 5.75. The van der Waals surface area contributed by atoms with E-state index in [1.807, 2.05) is 0 Å². The molecule has 76 valence electrons. The van der Waals surface area contributed by atoms with Gasteiger partial charge in [-0.05, 0) is 31.1 Å². The van der Waals surface area contributed by atoms with Crippen molar-refractivity contribution in [3.8, 4) is 0 Å². The lowest BCUT2D eigenvalue weighted by Crippen LogP contribution is -2.59. The molecule has 0 radical (unpaired) electrons. The molecule has 2 rings (SSSR count). The maximum Gasteiger partial charge on any atom is 0.0123 e. The van der Waals surface area contributed by atoms with Crippen LogP contribution in [0.15, 0.2) is 0 Å². The highest BCUT2D eigenvalue weighted by atomic mass is 15.0. The SMILES string of the molecule is CCC1NC2CCCC2C(N)C1C. The molecule has 1 saturated carbocycles. The van der Waals surface area contributed by atoms with Crippen molar-refractivity contribution in [3.05, 3.63) is 0 Å². The summed E-state index contributed by atoms with van der Waals surface area (Å²) in [5.41, 5.74) is 6.29. The van der Waals surface area contributed by atoms with Crippen LogP contribution in [0.2, 0.25) is 0 Å². The van der Waals surface area contributed by atoms with Gasteiger partial charge in [0, 0.05) is 18.1 Å². The van der Waals surface area contributed by atoms with Crippen molar-refractivity contribution >= 4 is 0 Å². The summed E-state index contributed by atoms with van der Waals surface area (Å²) in [7, 11) is 0. The Bertz CT molecular complexity index is 181. The van der Waals surface area contributed by atoms with E-state index in [0.29, 0.717) is 18.0 Å². The molecule has 2 aliphatic rings. The van der Waals surface area contributed by atoms with Crippen molar-refractivity contribution in [1.29, 1.82) is 0 Å². The van der Waals surface area contributed by atoms with E-state index in [1.54, 1.807) is 0 Å². The Morgan fingerprint density at radius 2 is 2.15 bits per heavy atom. The van der Waals surface area contributed by atoms with Crippen molar-refractivity contribution in [1.82, 2.24) is 5.32 Å². The first kappa shape index (κ1) is 9.47. The van der Waals surface area contributed by atoms with Crippen molar-refractivity contribution < 1.29 is 0 Å². The van der Waals surface area contributed by atoms with E-state index in [1.165, 1.54) is 25.7 Å². The van der Waals surface area contributed by atoms with Crippen molar-refractivity contribution in [3.63, 3.8) is 0 Å². The van der Waals surface area contributed by atoms with Crippen LogP contribution in [0, 0.1) is 11.8 Å². The van der Waals surface area contributed by atoms with Gasteiger partial charge in [-0.1, -0.05) is 20.3 Å². The Morgan fingerprint density at radius 1 is 1.38 bits per heavy atom. The predicted octanol–water partition coefficient (Wildman–Crippen LogP) is 1.50. The van der Waals surface area contributed by atoms with Gasteiger partial charge in [-0.2, -0.15) is 0 Å². The van der Waals surface area contributed by atoms with Crippen LogP contribution in [-0.2, 0) is 0 Å². The Morgan fingerprint density at radius 3 is 2.85 bits per heavy atom. The third-order valence-electron chi connectivity index (χ3n) is 4.17. The normalized spacial score (nSPS) is 50.5. The van der Waals surface area contributed by atoms with Crippen LogP contribution >= 0.6 is 0 Å². The number of nitrogens with one attached hydrogen (secondary N) is 1. The van der Waals surface area contributed by atoms with Gasteiger partial charge < -0.3 is 11.1 Å².